The van der Waals surface area contributed by atoms with Crippen molar-refractivity contribution in [2.75, 3.05) is 0 Å². The molecule has 3 atom stereocenters. The van der Waals surface area contributed by atoms with Crippen molar-refractivity contribution in [1.29, 1.82) is 0 Å². The number of rotatable bonds is 5. The lowest BCUT2D eigenvalue weighted by Crippen LogP contribution is -2.39. The zero-order valence-electron chi connectivity index (χ0n) is 13.6. The summed E-state index contributed by atoms with van der Waals surface area (Å²) in [7, 11) is 0. The highest BCUT2D eigenvalue weighted by molar-refractivity contribution is 5.29. The van der Waals surface area contributed by atoms with Gasteiger partial charge in [0.1, 0.15) is 0 Å². The van der Waals surface area contributed by atoms with E-state index in [1.165, 1.54) is 12.1 Å². The fraction of sp³-hybridized carbons (Fsp3) is 0.667. The average Bonchev–Trinajstić information content (AvgIpc) is 3.07. The molecule has 0 saturated carbocycles. The van der Waals surface area contributed by atoms with Crippen LogP contribution in [0.15, 0.2) is 24.3 Å². The number of fused-ring (bicyclic) bond motifs is 2. The minimum Gasteiger partial charge on any atom is -0.370 e. The molecule has 0 amide bonds. The second kappa shape index (κ2) is 5.78. The van der Waals surface area contributed by atoms with Crippen molar-refractivity contribution >= 4 is 0 Å². The van der Waals surface area contributed by atoms with Gasteiger partial charge < -0.3 is 9.47 Å². The van der Waals surface area contributed by atoms with E-state index in [9.17, 15) is 13.2 Å². The van der Waals surface area contributed by atoms with Gasteiger partial charge in [-0.2, -0.15) is 13.2 Å². The molecular weight excluding hydrogens is 305 g/mol. The Morgan fingerprint density at radius 3 is 2.57 bits per heavy atom. The SMILES string of the molecule is CC[C@@]12CC[C@@](CC)(O1)[C@@H](OCc1ccccc1C(F)(F)F)C2. The van der Waals surface area contributed by atoms with Gasteiger partial charge in [-0.1, -0.05) is 32.0 Å². The molecule has 5 heteroatoms. The van der Waals surface area contributed by atoms with E-state index in [0.717, 1.165) is 38.2 Å². The molecule has 2 aliphatic heterocycles. The van der Waals surface area contributed by atoms with Crippen molar-refractivity contribution in [1.82, 2.24) is 0 Å². The Morgan fingerprint density at radius 1 is 1.17 bits per heavy atom. The first-order valence-corrected chi connectivity index (χ1v) is 8.31. The smallest absolute Gasteiger partial charge is 0.370 e. The molecule has 2 heterocycles. The fourth-order valence-corrected chi connectivity index (χ4v) is 4.06. The zero-order valence-corrected chi connectivity index (χ0v) is 13.6. The van der Waals surface area contributed by atoms with E-state index in [0.29, 0.717) is 0 Å². The van der Waals surface area contributed by atoms with Gasteiger partial charge in [-0.3, -0.25) is 0 Å². The Kier molecular flexibility index (Phi) is 4.21. The van der Waals surface area contributed by atoms with Crippen LogP contribution in [0.4, 0.5) is 13.2 Å². The highest BCUT2D eigenvalue weighted by Crippen LogP contribution is 2.55. The summed E-state index contributed by atoms with van der Waals surface area (Å²) < 4.78 is 51.5. The summed E-state index contributed by atoms with van der Waals surface area (Å²) in [4.78, 5) is 0. The second-order valence-corrected chi connectivity index (χ2v) is 6.72. The van der Waals surface area contributed by atoms with Crippen molar-refractivity contribution in [3.63, 3.8) is 0 Å². The van der Waals surface area contributed by atoms with Gasteiger partial charge in [-0.25, -0.2) is 0 Å². The molecule has 2 bridgehead atoms. The molecule has 2 aliphatic rings. The predicted molar refractivity (Wildman–Crippen MR) is 81.0 cm³/mol. The van der Waals surface area contributed by atoms with Crippen LogP contribution < -0.4 is 0 Å². The van der Waals surface area contributed by atoms with Gasteiger partial charge in [0.25, 0.3) is 0 Å². The summed E-state index contributed by atoms with van der Waals surface area (Å²) >= 11 is 0. The summed E-state index contributed by atoms with van der Waals surface area (Å²) in [5.74, 6) is 0. The molecule has 2 saturated heterocycles. The van der Waals surface area contributed by atoms with Crippen LogP contribution in [0.3, 0.4) is 0 Å². The van der Waals surface area contributed by atoms with Crippen LogP contribution in [0.25, 0.3) is 0 Å². The Balaban J connectivity index is 1.75. The molecule has 0 radical (unpaired) electrons. The third-order valence-corrected chi connectivity index (χ3v) is 5.57. The van der Waals surface area contributed by atoms with Crippen molar-refractivity contribution in [3.8, 4) is 0 Å². The van der Waals surface area contributed by atoms with Crippen molar-refractivity contribution < 1.29 is 22.6 Å². The van der Waals surface area contributed by atoms with Crippen LogP contribution in [0, 0.1) is 0 Å². The van der Waals surface area contributed by atoms with Gasteiger partial charge in [-0.15, -0.1) is 0 Å². The van der Waals surface area contributed by atoms with E-state index >= 15 is 0 Å². The molecule has 1 aromatic rings. The van der Waals surface area contributed by atoms with Gasteiger partial charge in [0.15, 0.2) is 0 Å². The normalized spacial score (nSPS) is 33.3. The molecule has 2 nitrogen and oxygen atoms in total. The highest BCUT2D eigenvalue weighted by atomic mass is 19.4. The minimum absolute atomic E-state index is 0.0226. The molecule has 128 valence electrons. The van der Waals surface area contributed by atoms with Crippen molar-refractivity contribution in [2.45, 2.75) is 76.0 Å². The van der Waals surface area contributed by atoms with Crippen LogP contribution in [0.2, 0.25) is 0 Å². The molecule has 23 heavy (non-hydrogen) atoms. The number of benzene rings is 1. The van der Waals surface area contributed by atoms with E-state index < -0.39 is 11.7 Å². The summed E-state index contributed by atoms with van der Waals surface area (Å²) in [6, 6.07) is 5.63. The lowest BCUT2D eigenvalue weighted by molar-refractivity contribution is -0.140. The molecule has 1 aromatic carbocycles. The van der Waals surface area contributed by atoms with E-state index in [1.54, 1.807) is 6.07 Å². The molecular formula is C18H23F3O2. The number of halogens is 3. The molecule has 0 N–H and O–H groups in total. The molecule has 0 spiro atoms. The first-order valence-electron chi connectivity index (χ1n) is 8.31. The monoisotopic (exact) mass is 328 g/mol. The van der Waals surface area contributed by atoms with E-state index in [-0.39, 0.29) is 29.5 Å². The van der Waals surface area contributed by atoms with Crippen LogP contribution in [-0.4, -0.2) is 17.3 Å². The van der Waals surface area contributed by atoms with Gasteiger partial charge in [0, 0.05) is 6.42 Å². The number of hydrogen-bond acceptors (Lipinski definition) is 2. The van der Waals surface area contributed by atoms with Gasteiger partial charge in [0.2, 0.25) is 0 Å². The summed E-state index contributed by atoms with van der Waals surface area (Å²) in [5, 5.41) is 0. The van der Waals surface area contributed by atoms with Gasteiger partial charge in [0.05, 0.1) is 29.5 Å². The quantitative estimate of drug-likeness (QED) is 0.748. The number of ether oxygens (including phenoxy) is 2. The number of hydrogen-bond donors (Lipinski definition) is 0. The lowest BCUT2D eigenvalue weighted by atomic mass is 9.77. The first kappa shape index (κ1) is 16.8. The molecule has 3 rings (SSSR count). The molecule has 0 unspecified atom stereocenters. The van der Waals surface area contributed by atoms with Crippen molar-refractivity contribution in [2.24, 2.45) is 0 Å². The zero-order chi connectivity index (χ0) is 16.7. The Labute approximate surface area is 135 Å². The van der Waals surface area contributed by atoms with Gasteiger partial charge in [-0.05, 0) is 37.3 Å². The Bertz CT molecular complexity index is 572. The van der Waals surface area contributed by atoms with Crippen LogP contribution in [-0.2, 0) is 22.3 Å². The second-order valence-electron chi connectivity index (χ2n) is 6.72. The van der Waals surface area contributed by atoms with Crippen LogP contribution in [0.5, 0.6) is 0 Å². The highest BCUT2D eigenvalue weighted by Gasteiger charge is 2.60. The maximum absolute atomic E-state index is 13.1. The minimum atomic E-state index is -4.35. The topological polar surface area (TPSA) is 18.5 Å². The summed E-state index contributed by atoms with van der Waals surface area (Å²) in [6.45, 7) is 4.15. The average molecular weight is 328 g/mol. The molecule has 0 aliphatic carbocycles. The van der Waals surface area contributed by atoms with E-state index in [2.05, 4.69) is 13.8 Å². The summed E-state index contributed by atoms with van der Waals surface area (Å²) in [6.07, 6.45) is 0.0272. The third kappa shape index (κ3) is 2.89. The van der Waals surface area contributed by atoms with Crippen LogP contribution >= 0.6 is 0 Å². The Hall–Kier alpha value is -1.07. The third-order valence-electron chi connectivity index (χ3n) is 5.57. The maximum atomic E-state index is 13.1. The standard InChI is InChI=1S/C18H23F3O2/c1-3-16-9-10-17(4-2,23-16)15(11-16)22-12-13-7-5-6-8-14(13)18(19,20)21/h5-8,15H,3-4,9-12H2,1-2H3/t15-,16-,17+/m0/s1. The maximum Gasteiger partial charge on any atom is 0.416 e. The van der Waals surface area contributed by atoms with Crippen molar-refractivity contribution in [3.05, 3.63) is 35.4 Å². The Morgan fingerprint density at radius 2 is 1.91 bits per heavy atom. The predicted octanol–water partition coefficient (Wildman–Crippen LogP) is 5.10. The van der Waals surface area contributed by atoms with Gasteiger partial charge >= 0.3 is 6.18 Å². The molecule has 0 aromatic heterocycles. The summed E-state index contributed by atoms with van der Waals surface area (Å²) in [5.41, 5.74) is -0.868. The lowest BCUT2D eigenvalue weighted by Gasteiger charge is -2.32. The fourth-order valence-electron chi connectivity index (χ4n) is 4.06. The molecule has 2 fully saturated rings. The largest absolute Gasteiger partial charge is 0.416 e. The number of alkyl halides is 3. The first-order chi connectivity index (χ1) is 10.8. The van der Waals surface area contributed by atoms with E-state index in [4.69, 9.17) is 9.47 Å². The van der Waals surface area contributed by atoms with E-state index in [1.807, 2.05) is 0 Å². The van der Waals surface area contributed by atoms with Crippen LogP contribution in [0.1, 0.15) is 57.1 Å².